The molecule has 0 aliphatic carbocycles. The van der Waals surface area contributed by atoms with Crippen LogP contribution < -0.4 is 14.4 Å². The van der Waals surface area contributed by atoms with Crippen molar-refractivity contribution in [1.29, 1.82) is 0 Å². The first-order valence-electron chi connectivity index (χ1n) is 10.1. The summed E-state index contributed by atoms with van der Waals surface area (Å²) in [5.41, 5.74) is 2.87. The number of hydrogen-bond donors (Lipinski definition) is 1. The Kier molecular flexibility index (Phi) is 7.43. The number of carbonyl (C=O) groups excluding carboxylic acids is 1. The quantitative estimate of drug-likeness (QED) is 0.489. The van der Waals surface area contributed by atoms with E-state index in [0.717, 1.165) is 15.4 Å². The topological polar surface area (TPSA) is 75.7 Å². The van der Waals surface area contributed by atoms with E-state index in [1.54, 1.807) is 24.3 Å². The van der Waals surface area contributed by atoms with E-state index in [4.69, 9.17) is 16.3 Å². The van der Waals surface area contributed by atoms with E-state index in [0.29, 0.717) is 28.8 Å². The number of anilines is 2. The van der Waals surface area contributed by atoms with Crippen molar-refractivity contribution >= 4 is 38.9 Å². The Labute approximate surface area is 193 Å². The smallest absolute Gasteiger partial charge is 0.264 e. The molecule has 3 rings (SSSR count). The second kappa shape index (κ2) is 10.1. The van der Waals surface area contributed by atoms with Crippen LogP contribution in [0.2, 0.25) is 5.02 Å². The molecule has 0 bridgehead atoms. The predicted molar refractivity (Wildman–Crippen MR) is 128 cm³/mol. The lowest BCUT2D eigenvalue weighted by atomic mass is 10.1. The molecular formula is C24H25ClN2O4S. The third-order valence-corrected chi connectivity index (χ3v) is 6.83. The molecule has 0 aliphatic rings. The van der Waals surface area contributed by atoms with Crippen molar-refractivity contribution in [3.63, 3.8) is 0 Å². The van der Waals surface area contributed by atoms with E-state index < -0.39 is 22.5 Å². The van der Waals surface area contributed by atoms with Crippen LogP contribution in [0, 0.1) is 13.8 Å². The molecule has 8 heteroatoms. The molecule has 3 aromatic rings. The van der Waals surface area contributed by atoms with E-state index in [-0.39, 0.29) is 4.90 Å². The molecule has 0 unspecified atom stereocenters. The molecule has 168 valence electrons. The summed E-state index contributed by atoms with van der Waals surface area (Å²) in [5.74, 6) is 0.157. The number of aryl methyl sites for hydroxylation is 2. The van der Waals surface area contributed by atoms with E-state index in [1.165, 1.54) is 24.3 Å². The molecule has 0 aromatic heterocycles. The minimum atomic E-state index is -4.03. The van der Waals surface area contributed by atoms with Gasteiger partial charge in [0.2, 0.25) is 5.91 Å². The first-order valence-corrected chi connectivity index (χ1v) is 11.9. The molecule has 0 fully saturated rings. The standard InChI is InChI=1S/C24H25ClN2O4S/c1-4-31-21-11-9-20(10-12-21)27(32(29,30)22-13-7-19(25)8-14-22)16-24(28)26-23-15-17(2)5-6-18(23)3/h5-15H,4,16H2,1-3H3,(H,26,28). The Morgan fingerprint density at radius 1 is 1.00 bits per heavy atom. The number of nitrogens with one attached hydrogen (secondary N) is 1. The van der Waals surface area contributed by atoms with Gasteiger partial charge in [-0.1, -0.05) is 23.7 Å². The van der Waals surface area contributed by atoms with E-state index in [2.05, 4.69) is 5.32 Å². The lowest BCUT2D eigenvalue weighted by Gasteiger charge is -2.24. The van der Waals surface area contributed by atoms with Gasteiger partial charge in [0.15, 0.2) is 0 Å². The zero-order valence-corrected chi connectivity index (χ0v) is 19.7. The maximum atomic E-state index is 13.4. The largest absolute Gasteiger partial charge is 0.494 e. The lowest BCUT2D eigenvalue weighted by Crippen LogP contribution is -2.38. The second-order valence-corrected chi connectivity index (χ2v) is 9.56. The minimum absolute atomic E-state index is 0.0373. The van der Waals surface area contributed by atoms with Crippen LogP contribution in [-0.4, -0.2) is 27.5 Å². The number of sulfonamides is 1. The SMILES string of the molecule is CCOc1ccc(N(CC(=O)Nc2cc(C)ccc2C)S(=O)(=O)c2ccc(Cl)cc2)cc1. The van der Waals surface area contributed by atoms with Gasteiger partial charge in [-0.05, 0) is 86.5 Å². The molecule has 6 nitrogen and oxygen atoms in total. The Morgan fingerprint density at radius 2 is 1.66 bits per heavy atom. The van der Waals surface area contributed by atoms with Gasteiger partial charge in [0, 0.05) is 10.7 Å². The normalized spacial score (nSPS) is 11.1. The summed E-state index contributed by atoms with van der Waals surface area (Å²) >= 11 is 5.92. The van der Waals surface area contributed by atoms with Gasteiger partial charge >= 0.3 is 0 Å². The van der Waals surface area contributed by atoms with Crippen LogP contribution in [-0.2, 0) is 14.8 Å². The molecule has 0 heterocycles. The van der Waals surface area contributed by atoms with Crippen molar-refractivity contribution in [2.45, 2.75) is 25.7 Å². The number of rotatable bonds is 8. The highest BCUT2D eigenvalue weighted by molar-refractivity contribution is 7.92. The summed E-state index contributed by atoms with van der Waals surface area (Å²) in [6.45, 7) is 5.76. The van der Waals surface area contributed by atoms with Crippen LogP contribution in [0.5, 0.6) is 5.75 Å². The van der Waals surface area contributed by atoms with Crippen LogP contribution in [0.3, 0.4) is 0 Å². The zero-order valence-electron chi connectivity index (χ0n) is 18.1. The molecule has 0 aliphatic heterocycles. The highest BCUT2D eigenvalue weighted by Gasteiger charge is 2.27. The van der Waals surface area contributed by atoms with Gasteiger partial charge in [-0.2, -0.15) is 0 Å². The maximum Gasteiger partial charge on any atom is 0.264 e. The number of hydrogen-bond acceptors (Lipinski definition) is 4. The Bertz CT molecular complexity index is 1190. The Morgan fingerprint density at radius 3 is 2.28 bits per heavy atom. The van der Waals surface area contributed by atoms with Gasteiger partial charge in [-0.25, -0.2) is 8.42 Å². The van der Waals surface area contributed by atoms with Crippen molar-refractivity contribution in [3.05, 3.63) is 82.9 Å². The third kappa shape index (κ3) is 5.60. The monoisotopic (exact) mass is 472 g/mol. The molecule has 0 atom stereocenters. The summed E-state index contributed by atoms with van der Waals surface area (Å²) in [5, 5.41) is 3.25. The number of benzene rings is 3. The fourth-order valence-corrected chi connectivity index (χ4v) is 4.66. The molecular weight excluding hydrogens is 448 g/mol. The number of ether oxygens (including phenoxy) is 1. The molecule has 0 saturated carbocycles. The average Bonchev–Trinajstić information content (AvgIpc) is 2.76. The van der Waals surface area contributed by atoms with Gasteiger partial charge < -0.3 is 10.1 Å². The summed E-state index contributed by atoms with van der Waals surface area (Å²) in [6.07, 6.45) is 0. The zero-order chi connectivity index (χ0) is 23.3. The van der Waals surface area contributed by atoms with Crippen LogP contribution in [0.25, 0.3) is 0 Å². The summed E-state index contributed by atoms with van der Waals surface area (Å²) < 4.78 is 33.4. The first-order chi connectivity index (χ1) is 15.2. The van der Waals surface area contributed by atoms with Crippen molar-refractivity contribution in [1.82, 2.24) is 0 Å². The van der Waals surface area contributed by atoms with Crippen molar-refractivity contribution in [3.8, 4) is 5.75 Å². The predicted octanol–water partition coefficient (Wildman–Crippen LogP) is 5.19. The van der Waals surface area contributed by atoms with Crippen LogP contribution >= 0.6 is 11.6 Å². The number of amides is 1. The van der Waals surface area contributed by atoms with Crippen molar-refractivity contribution in [2.75, 3.05) is 22.8 Å². The van der Waals surface area contributed by atoms with Gasteiger partial charge in [0.05, 0.1) is 17.2 Å². The highest BCUT2D eigenvalue weighted by atomic mass is 35.5. The van der Waals surface area contributed by atoms with Gasteiger partial charge in [-0.15, -0.1) is 0 Å². The van der Waals surface area contributed by atoms with Gasteiger partial charge in [-0.3, -0.25) is 9.10 Å². The minimum Gasteiger partial charge on any atom is -0.494 e. The van der Waals surface area contributed by atoms with Crippen LogP contribution in [0.4, 0.5) is 11.4 Å². The Hall–Kier alpha value is -3.03. The van der Waals surface area contributed by atoms with E-state index in [9.17, 15) is 13.2 Å². The molecule has 3 aromatic carbocycles. The lowest BCUT2D eigenvalue weighted by molar-refractivity contribution is -0.114. The summed E-state index contributed by atoms with van der Waals surface area (Å²) in [6, 6.07) is 18.1. The molecule has 0 radical (unpaired) electrons. The highest BCUT2D eigenvalue weighted by Crippen LogP contribution is 2.27. The van der Waals surface area contributed by atoms with Gasteiger partial charge in [0.1, 0.15) is 12.3 Å². The van der Waals surface area contributed by atoms with Crippen LogP contribution in [0.15, 0.2) is 71.6 Å². The third-order valence-electron chi connectivity index (χ3n) is 4.79. The van der Waals surface area contributed by atoms with Crippen LogP contribution in [0.1, 0.15) is 18.1 Å². The summed E-state index contributed by atoms with van der Waals surface area (Å²) in [7, 11) is -4.03. The number of halogens is 1. The number of nitrogens with zero attached hydrogens (tertiary/aromatic N) is 1. The average molecular weight is 473 g/mol. The molecule has 1 N–H and O–H groups in total. The Balaban J connectivity index is 1.95. The number of carbonyl (C=O) groups is 1. The first kappa shape index (κ1) is 23.6. The maximum absolute atomic E-state index is 13.4. The molecule has 0 saturated heterocycles. The van der Waals surface area contributed by atoms with E-state index in [1.807, 2.05) is 39.0 Å². The van der Waals surface area contributed by atoms with E-state index >= 15 is 0 Å². The van der Waals surface area contributed by atoms with Crippen molar-refractivity contribution < 1.29 is 17.9 Å². The second-order valence-electron chi connectivity index (χ2n) is 7.26. The molecule has 0 spiro atoms. The summed E-state index contributed by atoms with van der Waals surface area (Å²) in [4.78, 5) is 12.9. The fraction of sp³-hybridized carbons (Fsp3) is 0.208. The van der Waals surface area contributed by atoms with Gasteiger partial charge in [0.25, 0.3) is 10.0 Å². The van der Waals surface area contributed by atoms with Crippen molar-refractivity contribution in [2.24, 2.45) is 0 Å². The molecule has 1 amide bonds. The fourth-order valence-electron chi connectivity index (χ4n) is 3.11. The molecule has 32 heavy (non-hydrogen) atoms.